The highest BCUT2D eigenvalue weighted by Gasteiger charge is 2.21. The summed E-state index contributed by atoms with van der Waals surface area (Å²) >= 11 is 0. The van der Waals surface area contributed by atoms with Gasteiger partial charge < -0.3 is 11.1 Å². The molecule has 0 saturated carbocycles. The number of carbonyl (C=O) groups is 1. The van der Waals surface area contributed by atoms with Crippen LogP contribution in [0.25, 0.3) is 0 Å². The molecule has 1 aromatic rings. The Morgan fingerprint density at radius 3 is 3.00 bits per heavy atom. The van der Waals surface area contributed by atoms with Gasteiger partial charge in [0.2, 0.25) is 5.91 Å². The van der Waals surface area contributed by atoms with Gasteiger partial charge >= 0.3 is 0 Å². The first-order valence-corrected chi connectivity index (χ1v) is 5.87. The van der Waals surface area contributed by atoms with Crippen molar-refractivity contribution in [3.8, 4) is 0 Å². The van der Waals surface area contributed by atoms with Crippen LogP contribution in [0.2, 0.25) is 0 Å². The fraction of sp³-hybridized carbons (Fsp3) is 0.385. The molecule has 2 rings (SSSR count). The molecule has 0 saturated heterocycles. The summed E-state index contributed by atoms with van der Waals surface area (Å²) in [6, 6.07) is 8.27. The zero-order chi connectivity index (χ0) is 12.3. The zero-order valence-electron chi connectivity index (χ0n) is 9.70. The van der Waals surface area contributed by atoms with Crippen molar-refractivity contribution in [3.63, 3.8) is 0 Å². The van der Waals surface area contributed by atoms with Crippen molar-refractivity contribution in [2.45, 2.75) is 31.7 Å². The number of nitrogens with two attached hydrogens (primary N) is 1. The highest BCUT2D eigenvalue weighted by Crippen LogP contribution is 2.29. The van der Waals surface area contributed by atoms with Gasteiger partial charge in [-0.25, -0.2) is 0 Å². The number of benzene rings is 1. The summed E-state index contributed by atoms with van der Waals surface area (Å²) < 4.78 is 0. The summed E-state index contributed by atoms with van der Waals surface area (Å²) in [7, 11) is 0. The molecule has 1 aliphatic rings. The third-order valence-corrected chi connectivity index (χ3v) is 3.06. The Kier molecular flexibility index (Phi) is 3.42. The summed E-state index contributed by atoms with van der Waals surface area (Å²) in [6.45, 7) is 0. The molecule has 90 valence electrons. The van der Waals surface area contributed by atoms with Gasteiger partial charge in [-0.2, -0.15) is 0 Å². The van der Waals surface area contributed by atoms with E-state index in [1.54, 1.807) is 0 Å². The Labute approximate surface area is 101 Å². The van der Waals surface area contributed by atoms with E-state index in [9.17, 15) is 4.79 Å². The van der Waals surface area contributed by atoms with E-state index in [0.29, 0.717) is 0 Å². The van der Waals surface area contributed by atoms with Crippen LogP contribution in [-0.2, 0) is 11.2 Å². The lowest BCUT2D eigenvalue weighted by Gasteiger charge is -2.26. The number of rotatable bonds is 3. The number of hydrogen-bond donors (Lipinski definition) is 3. The van der Waals surface area contributed by atoms with Gasteiger partial charge in [-0.15, -0.1) is 0 Å². The SMILES string of the molecule is N=C(N)CC(=O)N[C@H]1CCCc2ccccc21. The Hall–Kier alpha value is -1.84. The predicted octanol–water partition coefficient (Wildman–Crippen LogP) is 1.51. The van der Waals surface area contributed by atoms with E-state index >= 15 is 0 Å². The van der Waals surface area contributed by atoms with Gasteiger partial charge in [-0.1, -0.05) is 24.3 Å². The van der Waals surface area contributed by atoms with Crippen LogP contribution in [0.3, 0.4) is 0 Å². The average Bonchev–Trinajstić information content (AvgIpc) is 2.28. The van der Waals surface area contributed by atoms with Gasteiger partial charge in [0.05, 0.1) is 18.3 Å². The van der Waals surface area contributed by atoms with E-state index in [0.717, 1.165) is 19.3 Å². The summed E-state index contributed by atoms with van der Waals surface area (Å²) in [5, 5.41) is 10.1. The second kappa shape index (κ2) is 4.99. The average molecular weight is 231 g/mol. The van der Waals surface area contributed by atoms with E-state index in [4.69, 9.17) is 11.1 Å². The Balaban J connectivity index is 2.08. The molecule has 0 aromatic heterocycles. The minimum atomic E-state index is -0.167. The molecule has 1 amide bonds. The van der Waals surface area contributed by atoms with Gasteiger partial charge in [0.1, 0.15) is 0 Å². The molecule has 0 unspecified atom stereocenters. The minimum absolute atomic E-state index is 0.0152. The molecule has 0 fully saturated rings. The fourth-order valence-corrected chi connectivity index (χ4v) is 2.32. The lowest BCUT2D eigenvalue weighted by Crippen LogP contribution is -2.33. The molecule has 17 heavy (non-hydrogen) atoms. The lowest BCUT2D eigenvalue weighted by atomic mass is 9.87. The normalized spacial score (nSPS) is 18.2. The minimum Gasteiger partial charge on any atom is -0.387 e. The first-order valence-electron chi connectivity index (χ1n) is 5.87. The smallest absolute Gasteiger partial charge is 0.228 e. The number of aryl methyl sites for hydroxylation is 1. The van der Waals surface area contributed by atoms with Crippen molar-refractivity contribution in [2.24, 2.45) is 5.73 Å². The first kappa shape index (κ1) is 11.6. The Bertz CT molecular complexity index is 442. The summed E-state index contributed by atoms with van der Waals surface area (Å²) in [5.41, 5.74) is 7.73. The van der Waals surface area contributed by atoms with Crippen molar-refractivity contribution < 1.29 is 4.79 Å². The third kappa shape index (κ3) is 2.84. The molecule has 0 spiro atoms. The number of amidine groups is 1. The molecule has 1 atom stereocenters. The van der Waals surface area contributed by atoms with Gasteiger partial charge in [0.25, 0.3) is 0 Å². The highest BCUT2D eigenvalue weighted by atomic mass is 16.1. The largest absolute Gasteiger partial charge is 0.387 e. The summed E-state index contributed by atoms with van der Waals surface area (Å²) in [6.07, 6.45) is 3.11. The lowest BCUT2D eigenvalue weighted by molar-refractivity contribution is -0.120. The van der Waals surface area contributed by atoms with Crippen LogP contribution in [0.4, 0.5) is 0 Å². The van der Waals surface area contributed by atoms with Crippen molar-refractivity contribution in [1.29, 1.82) is 5.41 Å². The molecule has 1 aromatic carbocycles. The number of carbonyl (C=O) groups excluding carboxylic acids is 1. The zero-order valence-corrected chi connectivity index (χ0v) is 9.70. The maximum atomic E-state index is 11.6. The van der Waals surface area contributed by atoms with Crippen LogP contribution in [-0.4, -0.2) is 11.7 Å². The fourth-order valence-electron chi connectivity index (χ4n) is 2.32. The van der Waals surface area contributed by atoms with Crippen LogP contribution in [0.1, 0.15) is 36.4 Å². The van der Waals surface area contributed by atoms with Crippen LogP contribution < -0.4 is 11.1 Å². The van der Waals surface area contributed by atoms with E-state index in [1.165, 1.54) is 11.1 Å². The number of amides is 1. The van der Waals surface area contributed by atoms with E-state index in [1.807, 2.05) is 12.1 Å². The Morgan fingerprint density at radius 1 is 1.47 bits per heavy atom. The van der Waals surface area contributed by atoms with Crippen molar-refractivity contribution in [1.82, 2.24) is 5.32 Å². The van der Waals surface area contributed by atoms with E-state index in [2.05, 4.69) is 17.4 Å². The molecule has 4 nitrogen and oxygen atoms in total. The van der Waals surface area contributed by atoms with Crippen LogP contribution in [0.15, 0.2) is 24.3 Å². The molecule has 0 aliphatic heterocycles. The third-order valence-electron chi connectivity index (χ3n) is 3.06. The molecule has 1 aliphatic carbocycles. The van der Waals surface area contributed by atoms with Crippen molar-refractivity contribution in [2.75, 3.05) is 0 Å². The van der Waals surface area contributed by atoms with Crippen LogP contribution in [0, 0.1) is 5.41 Å². The van der Waals surface area contributed by atoms with Crippen LogP contribution in [0.5, 0.6) is 0 Å². The predicted molar refractivity (Wildman–Crippen MR) is 66.8 cm³/mol. The molecule has 0 heterocycles. The Morgan fingerprint density at radius 2 is 2.24 bits per heavy atom. The maximum Gasteiger partial charge on any atom is 0.228 e. The highest BCUT2D eigenvalue weighted by molar-refractivity contribution is 5.97. The van der Waals surface area contributed by atoms with Gasteiger partial charge in [-0.05, 0) is 30.4 Å². The number of nitrogens with one attached hydrogen (secondary N) is 2. The van der Waals surface area contributed by atoms with Crippen molar-refractivity contribution in [3.05, 3.63) is 35.4 Å². The van der Waals surface area contributed by atoms with Gasteiger partial charge in [-0.3, -0.25) is 10.2 Å². The quantitative estimate of drug-likeness (QED) is 0.544. The molecule has 0 radical (unpaired) electrons. The first-order chi connectivity index (χ1) is 8.16. The molecular weight excluding hydrogens is 214 g/mol. The second-order valence-corrected chi connectivity index (χ2v) is 4.41. The molecule has 0 bridgehead atoms. The number of fused-ring (bicyclic) bond motifs is 1. The van der Waals surface area contributed by atoms with Gasteiger partial charge in [0.15, 0.2) is 0 Å². The molecular formula is C13H17N3O. The molecule has 4 heteroatoms. The maximum absolute atomic E-state index is 11.6. The van der Waals surface area contributed by atoms with Gasteiger partial charge in [0, 0.05) is 0 Å². The second-order valence-electron chi connectivity index (χ2n) is 4.41. The van der Waals surface area contributed by atoms with Crippen LogP contribution >= 0.6 is 0 Å². The summed E-state index contributed by atoms with van der Waals surface area (Å²) in [5.74, 6) is -0.259. The molecule has 4 N–H and O–H groups in total. The van der Waals surface area contributed by atoms with E-state index < -0.39 is 0 Å². The number of hydrogen-bond acceptors (Lipinski definition) is 2. The standard InChI is InChI=1S/C13H17N3O/c14-12(15)8-13(17)16-11-7-3-5-9-4-1-2-6-10(9)11/h1-2,4,6,11H,3,5,7-8H2,(H3,14,15)(H,16,17)/t11-/m0/s1. The monoisotopic (exact) mass is 231 g/mol. The topological polar surface area (TPSA) is 79.0 Å². The van der Waals surface area contributed by atoms with E-state index in [-0.39, 0.29) is 24.2 Å². The van der Waals surface area contributed by atoms with Crippen molar-refractivity contribution >= 4 is 11.7 Å². The summed E-state index contributed by atoms with van der Waals surface area (Å²) in [4.78, 5) is 11.6.